The monoisotopic (exact) mass is 206 g/mol. The second-order valence-corrected chi connectivity index (χ2v) is 5.13. The smallest absolute Gasteiger partial charge is 0.0899 e. The van der Waals surface area contributed by atoms with Crippen LogP contribution < -0.4 is 5.73 Å². The minimum Gasteiger partial charge on any atom is -0.392 e. The summed E-state index contributed by atoms with van der Waals surface area (Å²) in [5.74, 6) is 1.51. The normalized spacial score (nSPS) is 23.8. The molecule has 1 fully saturated rings. The van der Waals surface area contributed by atoms with Crippen molar-refractivity contribution in [2.24, 2.45) is 5.73 Å². The lowest BCUT2D eigenvalue weighted by molar-refractivity contribution is 0.278. The van der Waals surface area contributed by atoms with Gasteiger partial charge in [-0.15, -0.1) is 0 Å². The third-order valence-electron chi connectivity index (χ3n) is 2.17. The fourth-order valence-corrected chi connectivity index (χ4v) is 2.45. The van der Waals surface area contributed by atoms with Crippen molar-refractivity contribution in [2.45, 2.75) is 13.0 Å². The number of rotatable bonds is 2. The lowest BCUT2D eigenvalue weighted by Crippen LogP contribution is -2.48. The summed E-state index contributed by atoms with van der Waals surface area (Å²) in [4.78, 5) is 2.71. The van der Waals surface area contributed by atoms with Crippen molar-refractivity contribution in [1.29, 1.82) is 0 Å². The average molecular weight is 206 g/mol. The van der Waals surface area contributed by atoms with Crippen molar-refractivity contribution in [1.82, 2.24) is 4.90 Å². The summed E-state index contributed by atoms with van der Waals surface area (Å²) in [6, 6.07) is 0.150. The van der Waals surface area contributed by atoms with Crippen LogP contribution in [0, 0.1) is 0 Å². The lowest BCUT2D eigenvalue weighted by Gasteiger charge is -2.31. The zero-order chi connectivity index (χ0) is 9.14. The molecule has 0 saturated carbocycles. The molecule has 12 heavy (non-hydrogen) atoms. The van der Waals surface area contributed by atoms with Gasteiger partial charge < -0.3 is 5.73 Å². The molecular formula is C7H14N2OS2. The minimum absolute atomic E-state index is 0.150. The molecule has 0 aromatic heterocycles. The highest BCUT2D eigenvalue weighted by molar-refractivity contribution is 7.85. The Morgan fingerprint density at radius 1 is 1.58 bits per heavy atom. The summed E-state index contributed by atoms with van der Waals surface area (Å²) in [7, 11) is -0.616. The molecule has 0 radical (unpaired) electrons. The first-order valence-corrected chi connectivity index (χ1v) is 5.89. The Labute approximate surface area is 80.8 Å². The van der Waals surface area contributed by atoms with Gasteiger partial charge in [-0.05, 0) is 6.92 Å². The average Bonchev–Trinajstić information content (AvgIpc) is 2.04. The summed E-state index contributed by atoms with van der Waals surface area (Å²) >= 11 is 4.89. The van der Waals surface area contributed by atoms with E-state index < -0.39 is 10.8 Å². The van der Waals surface area contributed by atoms with Crippen LogP contribution in [0.2, 0.25) is 0 Å². The van der Waals surface area contributed by atoms with E-state index >= 15 is 0 Å². The van der Waals surface area contributed by atoms with Crippen molar-refractivity contribution in [3.8, 4) is 0 Å². The van der Waals surface area contributed by atoms with Crippen molar-refractivity contribution in [2.75, 3.05) is 24.6 Å². The number of hydrogen-bond donors (Lipinski definition) is 1. The Hall–Kier alpha value is -0.0000000000000000555. The fourth-order valence-electron chi connectivity index (χ4n) is 1.22. The van der Waals surface area contributed by atoms with E-state index in [1.165, 1.54) is 0 Å². The molecule has 1 rings (SSSR count). The highest BCUT2D eigenvalue weighted by Crippen LogP contribution is 2.05. The third kappa shape index (κ3) is 2.50. The van der Waals surface area contributed by atoms with E-state index in [1.807, 2.05) is 6.92 Å². The van der Waals surface area contributed by atoms with Crippen LogP contribution in [0.25, 0.3) is 0 Å². The van der Waals surface area contributed by atoms with Gasteiger partial charge in [0.25, 0.3) is 0 Å². The highest BCUT2D eigenvalue weighted by Gasteiger charge is 2.21. The molecule has 1 aliphatic rings. The quantitative estimate of drug-likeness (QED) is 0.632. The Morgan fingerprint density at radius 3 is 2.50 bits per heavy atom. The third-order valence-corrected chi connectivity index (χ3v) is 3.79. The molecule has 0 aromatic carbocycles. The van der Waals surface area contributed by atoms with E-state index in [0.717, 1.165) is 24.6 Å². The minimum atomic E-state index is -0.616. The van der Waals surface area contributed by atoms with E-state index in [4.69, 9.17) is 18.0 Å². The topological polar surface area (TPSA) is 46.3 Å². The summed E-state index contributed by atoms with van der Waals surface area (Å²) in [5, 5.41) is 0. The largest absolute Gasteiger partial charge is 0.392 e. The number of nitrogens with zero attached hydrogens (tertiary/aromatic N) is 1. The van der Waals surface area contributed by atoms with Crippen LogP contribution in [0.15, 0.2) is 0 Å². The van der Waals surface area contributed by atoms with Gasteiger partial charge in [-0.2, -0.15) is 0 Å². The molecule has 0 aromatic rings. The molecule has 0 spiro atoms. The van der Waals surface area contributed by atoms with E-state index in [-0.39, 0.29) is 6.04 Å². The molecule has 1 saturated heterocycles. The van der Waals surface area contributed by atoms with E-state index in [2.05, 4.69) is 4.90 Å². The first kappa shape index (κ1) is 10.1. The predicted octanol–water partition coefficient (Wildman–Crippen LogP) is -0.275. The van der Waals surface area contributed by atoms with Crippen LogP contribution >= 0.6 is 12.2 Å². The van der Waals surface area contributed by atoms with Gasteiger partial charge in [0.05, 0.1) is 11.0 Å². The Morgan fingerprint density at radius 2 is 2.08 bits per heavy atom. The number of hydrogen-bond acceptors (Lipinski definition) is 3. The number of thiocarbonyl (C=S) groups is 1. The number of nitrogens with two attached hydrogens (primary N) is 1. The fraction of sp³-hybridized carbons (Fsp3) is 0.857. The van der Waals surface area contributed by atoms with Gasteiger partial charge in [0.15, 0.2) is 0 Å². The molecule has 1 aliphatic heterocycles. The maximum atomic E-state index is 11.0. The molecule has 1 heterocycles. The molecule has 70 valence electrons. The zero-order valence-electron chi connectivity index (χ0n) is 7.16. The zero-order valence-corrected chi connectivity index (χ0v) is 8.79. The highest BCUT2D eigenvalue weighted by atomic mass is 32.2. The molecular weight excluding hydrogens is 192 g/mol. The van der Waals surface area contributed by atoms with Gasteiger partial charge in [-0.1, -0.05) is 12.2 Å². The van der Waals surface area contributed by atoms with Crippen LogP contribution in [0.1, 0.15) is 6.92 Å². The standard InChI is InChI=1S/C7H14N2OS2/c1-6(7(8)11)9-2-4-12(10)5-3-9/h6H,2-5H2,1H3,(H2,8,11). The van der Waals surface area contributed by atoms with Gasteiger partial charge >= 0.3 is 0 Å². The predicted molar refractivity (Wildman–Crippen MR) is 55.7 cm³/mol. The molecule has 0 bridgehead atoms. The van der Waals surface area contributed by atoms with Crippen LogP contribution in [0.5, 0.6) is 0 Å². The van der Waals surface area contributed by atoms with Gasteiger partial charge in [0.2, 0.25) is 0 Å². The summed E-state index contributed by atoms with van der Waals surface area (Å²) < 4.78 is 11.0. The van der Waals surface area contributed by atoms with Crippen LogP contribution in [0.3, 0.4) is 0 Å². The SMILES string of the molecule is CC(C(N)=S)N1CCS(=O)CC1. The Balaban J connectivity index is 2.44. The van der Waals surface area contributed by atoms with Crippen LogP contribution in [0.4, 0.5) is 0 Å². The molecule has 5 heteroatoms. The maximum Gasteiger partial charge on any atom is 0.0899 e. The van der Waals surface area contributed by atoms with Gasteiger partial charge in [-0.25, -0.2) is 0 Å². The molecule has 2 N–H and O–H groups in total. The van der Waals surface area contributed by atoms with Crippen molar-refractivity contribution in [3.63, 3.8) is 0 Å². The summed E-state index contributed by atoms with van der Waals surface area (Å²) in [5.41, 5.74) is 5.52. The van der Waals surface area contributed by atoms with Gasteiger partial charge in [-0.3, -0.25) is 9.11 Å². The van der Waals surface area contributed by atoms with E-state index in [0.29, 0.717) is 4.99 Å². The molecule has 0 aliphatic carbocycles. The van der Waals surface area contributed by atoms with E-state index in [9.17, 15) is 4.21 Å². The molecule has 1 atom stereocenters. The first-order chi connectivity index (χ1) is 5.61. The van der Waals surface area contributed by atoms with E-state index in [1.54, 1.807) is 0 Å². The Kier molecular flexibility index (Phi) is 3.61. The van der Waals surface area contributed by atoms with Crippen molar-refractivity contribution in [3.05, 3.63) is 0 Å². The van der Waals surface area contributed by atoms with Crippen LogP contribution in [-0.4, -0.2) is 44.7 Å². The molecule has 0 amide bonds. The summed E-state index contributed by atoms with van der Waals surface area (Å²) in [6.45, 7) is 3.70. The molecule has 1 unspecified atom stereocenters. The second kappa shape index (κ2) is 4.30. The van der Waals surface area contributed by atoms with Crippen molar-refractivity contribution >= 4 is 28.0 Å². The summed E-state index contributed by atoms with van der Waals surface area (Å²) in [6.07, 6.45) is 0. The van der Waals surface area contributed by atoms with Gasteiger partial charge in [0, 0.05) is 35.4 Å². The lowest BCUT2D eigenvalue weighted by atomic mass is 10.3. The molecule has 3 nitrogen and oxygen atoms in total. The van der Waals surface area contributed by atoms with Crippen LogP contribution in [-0.2, 0) is 10.8 Å². The second-order valence-electron chi connectivity index (χ2n) is 2.96. The van der Waals surface area contributed by atoms with Gasteiger partial charge in [0.1, 0.15) is 0 Å². The van der Waals surface area contributed by atoms with Crippen molar-refractivity contribution < 1.29 is 4.21 Å². The maximum absolute atomic E-state index is 11.0. The Bertz CT molecular complexity index is 198. The first-order valence-electron chi connectivity index (χ1n) is 3.99.